The minimum Gasteiger partial charge on any atom is -0.468 e. The van der Waals surface area contributed by atoms with Crippen molar-refractivity contribution in [2.45, 2.75) is 25.3 Å². The van der Waals surface area contributed by atoms with Gasteiger partial charge in [-0.15, -0.1) is 0 Å². The second-order valence-corrected chi connectivity index (χ2v) is 4.39. The lowest BCUT2D eigenvalue weighted by Crippen LogP contribution is -2.31. The fourth-order valence-electron chi connectivity index (χ4n) is 1.96. The lowest BCUT2D eigenvalue weighted by Gasteiger charge is -2.13. The summed E-state index contributed by atoms with van der Waals surface area (Å²) in [5, 5.41) is 6.28. The number of carbonyl (C=O) groups is 1. The number of nitrogens with two attached hydrogens (primary N) is 1. The Morgan fingerprint density at radius 2 is 2.11 bits per heavy atom. The summed E-state index contributed by atoms with van der Waals surface area (Å²) in [4.78, 5) is 11.2. The molecule has 5 nitrogen and oxygen atoms in total. The van der Waals surface area contributed by atoms with Gasteiger partial charge in [0, 0.05) is 25.5 Å². The Morgan fingerprint density at radius 3 is 2.68 bits per heavy atom. The molecule has 4 N–H and O–H groups in total. The summed E-state index contributed by atoms with van der Waals surface area (Å²) in [6, 6.07) is 5.66. The predicted molar refractivity (Wildman–Crippen MR) is 78.5 cm³/mol. The number of aryl methyl sites for hydroxylation is 1. The first-order valence-corrected chi connectivity index (χ1v) is 6.44. The van der Waals surface area contributed by atoms with Gasteiger partial charge in [-0.2, -0.15) is 0 Å². The molecule has 0 saturated carbocycles. The third-order valence-electron chi connectivity index (χ3n) is 3.13. The van der Waals surface area contributed by atoms with Crippen LogP contribution in [0, 0.1) is 0 Å². The van der Waals surface area contributed by atoms with Gasteiger partial charge >= 0.3 is 5.97 Å². The van der Waals surface area contributed by atoms with Gasteiger partial charge in [0.25, 0.3) is 0 Å². The van der Waals surface area contributed by atoms with Gasteiger partial charge in [0.15, 0.2) is 0 Å². The Labute approximate surface area is 114 Å². The standard InChI is InChI=1S/C14H23N3O2/c1-16-11-8-7-10(13(9-11)17-2)5-4-6-12(15)14(18)19-3/h7-9,12,16-17H,4-6,15H2,1-3H3. The average molecular weight is 265 g/mol. The summed E-state index contributed by atoms with van der Waals surface area (Å²) in [6.45, 7) is 0. The molecule has 0 bridgehead atoms. The third-order valence-corrected chi connectivity index (χ3v) is 3.13. The third kappa shape index (κ3) is 4.44. The minimum atomic E-state index is -0.528. The zero-order valence-corrected chi connectivity index (χ0v) is 11.8. The highest BCUT2D eigenvalue weighted by molar-refractivity contribution is 5.75. The molecular formula is C14H23N3O2. The summed E-state index contributed by atoms with van der Waals surface area (Å²) in [6.07, 6.45) is 2.36. The lowest BCUT2D eigenvalue weighted by atomic mass is 10.0. The van der Waals surface area contributed by atoms with Crippen LogP contribution in [0.2, 0.25) is 0 Å². The molecular weight excluding hydrogens is 242 g/mol. The van der Waals surface area contributed by atoms with E-state index >= 15 is 0 Å². The first-order valence-electron chi connectivity index (χ1n) is 6.44. The Hall–Kier alpha value is -1.75. The normalized spacial score (nSPS) is 11.8. The quantitative estimate of drug-likeness (QED) is 0.653. The van der Waals surface area contributed by atoms with Crippen LogP contribution in [-0.2, 0) is 16.0 Å². The zero-order chi connectivity index (χ0) is 14.3. The van der Waals surface area contributed by atoms with Gasteiger partial charge in [0.1, 0.15) is 6.04 Å². The number of hydrogen-bond donors (Lipinski definition) is 3. The van der Waals surface area contributed by atoms with Gasteiger partial charge in [-0.25, -0.2) is 0 Å². The van der Waals surface area contributed by atoms with Crippen LogP contribution in [0.25, 0.3) is 0 Å². The minimum absolute atomic E-state index is 0.348. The van der Waals surface area contributed by atoms with Crippen LogP contribution >= 0.6 is 0 Å². The van der Waals surface area contributed by atoms with Crippen LogP contribution in [0.1, 0.15) is 18.4 Å². The number of methoxy groups -OCH3 is 1. The van der Waals surface area contributed by atoms with Crippen LogP contribution in [0.15, 0.2) is 18.2 Å². The highest BCUT2D eigenvalue weighted by atomic mass is 16.5. The second kappa shape index (κ2) is 7.63. The molecule has 0 aliphatic carbocycles. The van der Waals surface area contributed by atoms with Crippen molar-refractivity contribution in [1.29, 1.82) is 0 Å². The van der Waals surface area contributed by atoms with E-state index in [0.717, 1.165) is 24.2 Å². The number of esters is 1. The highest BCUT2D eigenvalue weighted by Gasteiger charge is 2.13. The smallest absolute Gasteiger partial charge is 0.322 e. The summed E-state index contributed by atoms with van der Waals surface area (Å²) < 4.78 is 4.61. The van der Waals surface area contributed by atoms with Crippen molar-refractivity contribution in [3.8, 4) is 0 Å². The molecule has 0 spiro atoms. The van der Waals surface area contributed by atoms with Crippen molar-refractivity contribution in [2.24, 2.45) is 5.73 Å². The van der Waals surface area contributed by atoms with E-state index in [4.69, 9.17) is 5.73 Å². The molecule has 0 aromatic heterocycles. The molecule has 5 heteroatoms. The van der Waals surface area contributed by atoms with Gasteiger partial charge in [-0.05, 0) is 37.0 Å². The van der Waals surface area contributed by atoms with Gasteiger partial charge in [-0.1, -0.05) is 6.07 Å². The number of carbonyl (C=O) groups excluding carboxylic acids is 1. The fraction of sp³-hybridized carbons (Fsp3) is 0.500. The fourth-order valence-corrected chi connectivity index (χ4v) is 1.96. The maximum atomic E-state index is 11.2. The molecule has 0 radical (unpaired) electrons. The van der Waals surface area contributed by atoms with Crippen molar-refractivity contribution in [3.63, 3.8) is 0 Å². The Kier molecular flexibility index (Phi) is 6.15. The van der Waals surface area contributed by atoms with Gasteiger partial charge in [0.05, 0.1) is 7.11 Å². The van der Waals surface area contributed by atoms with Gasteiger partial charge in [-0.3, -0.25) is 4.79 Å². The number of benzene rings is 1. The maximum absolute atomic E-state index is 11.2. The van der Waals surface area contributed by atoms with Crippen molar-refractivity contribution >= 4 is 17.3 Å². The van der Waals surface area contributed by atoms with Gasteiger partial charge < -0.3 is 21.1 Å². The molecule has 1 unspecified atom stereocenters. The lowest BCUT2D eigenvalue weighted by molar-refractivity contribution is -0.142. The highest BCUT2D eigenvalue weighted by Crippen LogP contribution is 2.22. The van der Waals surface area contributed by atoms with Crippen LogP contribution in [0.3, 0.4) is 0 Å². The van der Waals surface area contributed by atoms with E-state index in [1.54, 1.807) is 0 Å². The molecule has 0 amide bonds. The van der Waals surface area contributed by atoms with Crippen molar-refractivity contribution in [3.05, 3.63) is 23.8 Å². The van der Waals surface area contributed by atoms with E-state index in [0.29, 0.717) is 6.42 Å². The first-order chi connectivity index (χ1) is 9.12. The Balaban J connectivity index is 2.55. The SMILES string of the molecule is CNc1ccc(CCCC(N)C(=O)OC)c(NC)c1. The average Bonchev–Trinajstić information content (AvgIpc) is 2.46. The van der Waals surface area contributed by atoms with E-state index < -0.39 is 6.04 Å². The molecule has 19 heavy (non-hydrogen) atoms. The van der Waals surface area contributed by atoms with E-state index in [2.05, 4.69) is 27.5 Å². The summed E-state index contributed by atoms with van der Waals surface area (Å²) in [5.41, 5.74) is 9.09. The summed E-state index contributed by atoms with van der Waals surface area (Å²) in [5.74, 6) is -0.348. The van der Waals surface area contributed by atoms with Crippen LogP contribution < -0.4 is 16.4 Å². The van der Waals surface area contributed by atoms with E-state index in [1.165, 1.54) is 12.7 Å². The number of hydrogen-bond acceptors (Lipinski definition) is 5. The van der Waals surface area contributed by atoms with Crippen molar-refractivity contribution < 1.29 is 9.53 Å². The van der Waals surface area contributed by atoms with Crippen LogP contribution in [-0.4, -0.2) is 33.2 Å². The number of ether oxygens (including phenoxy) is 1. The Bertz CT molecular complexity index is 421. The topological polar surface area (TPSA) is 76.4 Å². The van der Waals surface area contributed by atoms with E-state index in [1.807, 2.05) is 20.2 Å². The monoisotopic (exact) mass is 265 g/mol. The molecule has 1 rings (SSSR count). The summed E-state index contributed by atoms with van der Waals surface area (Å²) in [7, 11) is 5.15. The Morgan fingerprint density at radius 1 is 1.37 bits per heavy atom. The molecule has 0 heterocycles. The predicted octanol–water partition coefficient (Wildman–Crippen LogP) is 1.59. The van der Waals surface area contributed by atoms with Crippen molar-refractivity contribution in [2.75, 3.05) is 31.8 Å². The number of anilines is 2. The zero-order valence-electron chi connectivity index (χ0n) is 11.8. The molecule has 0 aliphatic heterocycles. The molecule has 0 saturated heterocycles. The molecule has 1 atom stereocenters. The number of rotatable bonds is 7. The first kappa shape index (κ1) is 15.3. The number of nitrogens with one attached hydrogen (secondary N) is 2. The molecule has 0 aliphatic rings. The molecule has 0 fully saturated rings. The molecule has 106 valence electrons. The maximum Gasteiger partial charge on any atom is 0.322 e. The van der Waals surface area contributed by atoms with Crippen molar-refractivity contribution in [1.82, 2.24) is 0 Å². The van der Waals surface area contributed by atoms with E-state index in [9.17, 15) is 4.79 Å². The van der Waals surface area contributed by atoms with Crippen LogP contribution in [0.4, 0.5) is 11.4 Å². The molecule has 1 aromatic rings. The van der Waals surface area contributed by atoms with Gasteiger partial charge in [0.2, 0.25) is 0 Å². The summed E-state index contributed by atoms with van der Waals surface area (Å²) >= 11 is 0. The molecule has 1 aromatic carbocycles. The van der Waals surface area contributed by atoms with Crippen LogP contribution in [0.5, 0.6) is 0 Å². The second-order valence-electron chi connectivity index (χ2n) is 4.39. The van der Waals surface area contributed by atoms with E-state index in [-0.39, 0.29) is 5.97 Å². The largest absolute Gasteiger partial charge is 0.468 e.